The summed E-state index contributed by atoms with van der Waals surface area (Å²) in [5.74, 6) is 0.415. The standard InChI is InChI=1S/C10H13N3O/c1-10(2,8-11)3-5-13-6-4-12-9(13)7-14/h4,6-7H,3,5H2,1-2H3. The highest BCUT2D eigenvalue weighted by Crippen LogP contribution is 2.19. The number of carbonyl (C=O) groups excluding carboxylic acids is 1. The minimum absolute atomic E-state index is 0.357. The molecule has 0 amide bonds. The molecule has 0 aliphatic carbocycles. The zero-order valence-corrected chi connectivity index (χ0v) is 8.40. The van der Waals surface area contributed by atoms with Crippen molar-refractivity contribution < 1.29 is 4.79 Å². The second kappa shape index (κ2) is 4.05. The number of hydrogen-bond donors (Lipinski definition) is 0. The van der Waals surface area contributed by atoms with E-state index in [9.17, 15) is 4.79 Å². The molecule has 74 valence electrons. The van der Waals surface area contributed by atoms with Crippen LogP contribution in [0.1, 0.15) is 30.9 Å². The quantitative estimate of drug-likeness (QED) is 0.680. The van der Waals surface area contributed by atoms with Gasteiger partial charge in [-0.15, -0.1) is 0 Å². The van der Waals surface area contributed by atoms with Gasteiger partial charge in [0.2, 0.25) is 0 Å². The molecule has 0 aromatic carbocycles. The number of carbonyl (C=O) groups is 1. The SMILES string of the molecule is CC(C)(C#N)CCn1ccnc1C=O. The van der Waals surface area contributed by atoms with Gasteiger partial charge in [-0.1, -0.05) is 0 Å². The van der Waals surface area contributed by atoms with Crippen molar-refractivity contribution in [2.45, 2.75) is 26.8 Å². The third kappa shape index (κ3) is 2.43. The minimum Gasteiger partial charge on any atom is -0.329 e. The Morgan fingerprint density at radius 1 is 1.71 bits per heavy atom. The van der Waals surface area contributed by atoms with Gasteiger partial charge in [-0.05, 0) is 20.3 Å². The van der Waals surface area contributed by atoms with Gasteiger partial charge in [-0.3, -0.25) is 4.79 Å². The normalized spacial score (nSPS) is 10.9. The molecule has 0 aliphatic rings. The van der Waals surface area contributed by atoms with Crippen LogP contribution in [0.3, 0.4) is 0 Å². The summed E-state index contributed by atoms with van der Waals surface area (Å²) in [6, 6.07) is 2.22. The Bertz CT molecular complexity index is 360. The lowest BCUT2D eigenvalue weighted by Gasteiger charge is -2.15. The van der Waals surface area contributed by atoms with Gasteiger partial charge in [0.25, 0.3) is 0 Å². The fourth-order valence-electron chi connectivity index (χ4n) is 1.08. The summed E-state index contributed by atoms with van der Waals surface area (Å²) in [5.41, 5.74) is -0.357. The van der Waals surface area contributed by atoms with E-state index in [0.717, 1.165) is 6.29 Å². The van der Waals surface area contributed by atoms with Crippen molar-refractivity contribution in [1.82, 2.24) is 9.55 Å². The zero-order chi connectivity index (χ0) is 10.6. The summed E-state index contributed by atoms with van der Waals surface area (Å²) in [6.07, 6.45) is 4.76. The molecule has 0 radical (unpaired) electrons. The molecular weight excluding hydrogens is 178 g/mol. The van der Waals surface area contributed by atoms with Gasteiger partial charge in [0.1, 0.15) is 0 Å². The second-order valence-corrected chi connectivity index (χ2v) is 3.84. The predicted molar refractivity (Wildman–Crippen MR) is 51.6 cm³/mol. The van der Waals surface area contributed by atoms with E-state index in [1.807, 2.05) is 13.8 Å². The average molecular weight is 191 g/mol. The van der Waals surface area contributed by atoms with Crippen LogP contribution in [0.2, 0.25) is 0 Å². The fourth-order valence-corrected chi connectivity index (χ4v) is 1.08. The van der Waals surface area contributed by atoms with Gasteiger partial charge < -0.3 is 4.57 Å². The van der Waals surface area contributed by atoms with Gasteiger partial charge >= 0.3 is 0 Å². The molecule has 14 heavy (non-hydrogen) atoms. The van der Waals surface area contributed by atoms with Crippen LogP contribution in [-0.4, -0.2) is 15.8 Å². The Morgan fingerprint density at radius 3 is 3.00 bits per heavy atom. The van der Waals surface area contributed by atoms with Crippen molar-refractivity contribution in [2.75, 3.05) is 0 Å². The van der Waals surface area contributed by atoms with E-state index in [1.165, 1.54) is 0 Å². The number of hydrogen-bond acceptors (Lipinski definition) is 3. The molecule has 1 aromatic rings. The zero-order valence-electron chi connectivity index (χ0n) is 8.40. The van der Waals surface area contributed by atoms with Crippen LogP contribution in [0.25, 0.3) is 0 Å². The van der Waals surface area contributed by atoms with Crippen LogP contribution in [-0.2, 0) is 6.54 Å². The number of nitrogens with zero attached hydrogens (tertiary/aromatic N) is 3. The summed E-state index contributed by atoms with van der Waals surface area (Å²) in [4.78, 5) is 14.4. The van der Waals surface area contributed by atoms with Gasteiger partial charge in [-0.25, -0.2) is 4.98 Å². The van der Waals surface area contributed by atoms with E-state index in [2.05, 4.69) is 11.1 Å². The van der Waals surface area contributed by atoms with E-state index < -0.39 is 0 Å². The monoisotopic (exact) mass is 191 g/mol. The van der Waals surface area contributed by atoms with Crippen molar-refractivity contribution in [3.63, 3.8) is 0 Å². The lowest BCUT2D eigenvalue weighted by Crippen LogP contribution is -2.13. The summed E-state index contributed by atoms with van der Waals surface area (Å²) in [7, 11) is 0. The Balaban J connectivity index is 2.63. The van der Waals surface area contributed by atoms with Crippen LogP contribution >= 0.6 is 0 Å². The van der Waals surface area contributed by atoms with Gasteiger partial charge in [0.15, 0.2) is 12.1 Å². The first kappa shape index (κ1) is 10.5. The molecule has 0 fully saturated rings. The number of aldehydes is 1. The molecule has 0 N–H and O–H groups in total. The number of aromatic nitrogens is 2. The predicted octanol–water partition coefficient (Wildman–Crippen LogP) is 1.64. The van der Waals surface area contributed by atoms with E-state index >= 15 is 0 Å². The molecule has 0 atom stereocenters. The summed E-state index contributed by atoms with van der Waals surface area (Å²) in [6.45, 7) is 4.41. The molecule has 0 aliphatic heterocycles. The molecule has 0 saturated heterocycles. The van der Waals surface area contributed by atoms with E-state index in [-0.39, 0.29) is 5.41 Å². The third-order valence-electron chi connectivity index (χ3n) is 2.13. The molecule has 4 nitrogen and oxygen atoms in total. The molecule has 1 heterocycles. The third-order valence-corrected chi connectivity index (χ3v) is 2.13. The van der Waals surface area contributed by atoms with Crippen LogP contribution in [0.5, 0.6) is 0 Å². The Kier molecular flexibility index (Phi) is 3.03. The highest BCUT2D eigenvalue weighted by atomic mass is 16.1. The van der Waals surface area contributed by atoms with Crippen LogP contribution in [0, 0.1) is 16.7 Å². The van der Waals surface area contributed by atoms with Crippen LogP contribution < -0.4 is 0 Å². The van der Waals surface area contributed by atoms with Crippen molar-refractivity contribution in [3.8, 4) is 6.07 Å². The first-order valence-corrected chi connectivity index (χ1v) is 4.46. The Morgan fingerprint density at radius 2 is 2.43 bits per heavy atom. The summed E-state index contributed by atoms with van der Waals surface area (Å²) < 4.78 is 1.76. The lowest BCUT2D eigenvalue weighted by atomic mass is 9.91. The lowest BCUT2D eigenvalue weighted by molar-refractivity contribution is 0.111. The maximum absolute atomic E-state index is 10.5. The van der Waals surface area contributed by atoms with Crippen molar-refractivity contribution in [1.29, 1.82) is 5.26 Å². The van der Waals surface area contributed by atoms with Gasteiger partial charge in [0, 0.05) is 18.9 Å². The number of rotatable bonds is 4. The maximum Gasteiger partial charge on any atom is 0.185 e. The molecule has 1 rings (SSSR count). The molecule has 0 spiro atoms. The van der Waals surface area contributed by atoms with Crippen molar-refractivity contribution in [3.05, 3.63) is 18.2 Å². The summed E-state index contributed by atoms with van der Waals surface area (Å²) in [5, 5.41) is 8.80. The number of imidazole rings is 1. The van der Waals surface area contributed by atoms with E-state index in [0.29, 0.717) is 18.8 Å². The van der Waals surface area contributed by atoms with Crippen molar-refractivity contribution in [2.24, 2.45) is 5.41 Å². The number of aryl methyl sites for hydroxylation is 1. The van der Waals surface area contributed by atoms with E-state index in [1.54, 1.807) is 17.0 Å². The second-order valence-electron chi connectivity index (χ2n) is 3.84. The smallest absolute Gasteiger partial charge is 0.185 e. The first-order chi connectivity index (χ1) is 6.59. The fraction of sp³-hybridized carbons (Fsp3) is 0.500. The molecule has 0 unspecified atom stereocenters. The van der Waals surface area contributed by atoms with Crippen LogP contribution in [0.4, 0.5) is 0 Å². The van der Waals surface area contributed by atoms with Crippen LogP contribution in [0.15, 0.2) is 12.4 Å². The molecular formula is C10H13N3O. The molecule has 0 saturated carbocycles. The largest absolute Gasteiger partial charge is 0.329 e. The molecule has 4 heteroatoms. The average Bonchev–Trinajstić information content (AvgIpc) is 2.62. The first-order valence-electron chi connectivity index (χ1n) is 4.46. The summed E-state index contributed by atoms with van der Waals surface area (Å²) >= 11 is 0. The Labute approximate surface area is 83.2 Å². The van der Waals surface area contributed by atoms with Crippen molar-refractivity contribution >= 4 is 6.29 Å². The highest BCUT2D eigenvalue weighted by molar-refractivity contribution is 5.69. The van der Waals surface area contributed by atoms with Gasteiger partial charge in [0.05, 0.1) is 11.5 Å². The number of nitriles is 1. The minimum atomic E-state index is -0.357. The Hall–Kier alpha value is -1.63. The topological polar surface area (TPSA) is 58.7 Å². The molecule has 0 bridgehead atoms. The van der Waals surface area contributed by atoms with E-state index in [4.69, 9.17) is 5.26 Å². The maximum atomic E-state index is 10.5. The highest BCUT2D eigenvalue weighted by Gasteiger charge is 2.16. The molecule has 1 aromatic heterocycles. The van der Waals surface area contributed by atoms with Gasteiger partial charge in [-0.2, -0.15) is 5.26 Å².